The standard InChI is InChI=1S/C12H11BrFN3O/c13-10-6-17(9-3-4-18-7-9)16-12(10)11-2-1-8(14)5-15-11/h1-2,5-6,9H,3-4,7H2/t9-/m1/s1. The van der Waals surface area contributed by atoms with Crippen LogP contribution in [-0.4, -0.2) is 28.0 Å². The molecule has 0 bridgehead atoms. The number of rotatable bonds is 2. The van der Waals surface area contributed by atoms with Crippen molar-refractivity contribution in [3.05, 3.63) is 34.8 Å². The normalized spacial score (nSPS) is 19.3. The van der Waals surface area contributed by atoms with Crippen molar-refractivity contribution in [1.29, 1.82) is 0 Å². The molecule has 1 atom stereocenters. The fraction of sp³-hybridized carbons (Fsp3) is 0.333. The summed E-state index contributed by atoms with van der Waals surface area (Å²) in [5, 5.41) is 4.50. The molecule has 0 aromatic carbocycles. The first-order valence-corrected chi connectivity index (χ1v) is 6.47. The number of nitrogens with zero attached hydrogens (tertiary/aromatic N) is 3. The molecule has 18 heavy (non-hydrogen) atoms. The van der Waals surface area contributed by atoms with E-state index in [9.17, 15) is 4.39 Å². The highest BCUT2D eigenvalue weighted by atomic mass is 79.9. The Hall–Kier alpha value is -1.27. The molecule has 94 valence electrons. The molecule has 0 unspecified atom stereocenters. The van der Waals surface area contributed by atoms with Crippen molar-refractivity contribution >= 4 is 15.9 Å². The maximum absolute atomic E-state index is 12.8. The Kier molecular flexibility index (Phi) is 3.13. The highest BCUT2D eigenvalue weighted by molar-refractivity contribution is 9.10. The van der Waals surface area contributed by atoms with E-state index >= 15 is 0 Å². The molecule has 1 aliphatic heterocycles. The van der Waals surface area contributed by atoms with Gasteiger partial charge < -0.3 is 4.74 Å². The van der Waals surface area contributed by atoms with Gasteiger partial charge in [-0.1, -0.05) is 0 Å². The van der Waals surface area contributed by atoms with Gasteiger partial charge in [-0.05, 0) is 34.5 Å². The van der Waals surface area contributed by atoms with Crippen molar-refractivity contribution < 1.29 is 9.13 Å². The molecule has 0 radical (unpaired) electrons. The zero-order chi connectivity index (χ0) is 12.5. The highest BCUT2D eigenvalue weighted by Crippen LogP contribution is 2.28. The molecule has 2 aromatic rings. The molecule has 1 saturated heterocycles. The van der Waals surface area contributed by atoms with Gasteiger partial charge in [0.1, 0.15) is 11.5 Å². The molecular formula is C12H11BrFN3O. The van der Waals surface area contributed by atoms with E-state index in [1.54, 1.807) is 6.07 Å². The van der Waals surface area contributed by atoms with Gasteiger partial charge in [-0.25, -0.2) is 4.39 Å². The fourth-order valence-corrected chi connectivity index (χ4v) is 2.47. The summed E-state index contributed by atoms with van der Waals surface area (Å²) in [6.07, 6.45) is 4.07. The SMILES string of the molecule is Fc1ccc(-c2nn([C@@H]3CCOC3)cc2Br)nc1. The summed E-state index contributed by atoms with van der Waals surface area (Å²) in [7, 11) is 0. The van der Waals surface area contributed by atoms with E-state index in [4.69, 9.17) is 4.74 Å². The molecule has 0 saturated carbocycles. The number of pyridine rings is 1. The molecule has 0 amide bonds. The second kappa shape index (κ2) is 4.78. The average molecular weight is 312 g/mol. The van der Waals surface area contributed by atoms with Gasteiger partial charge in [0.05, 0.1) is 29.0 Å². The number of aromatic nitrogens is 3. The molecule has 3 heterocycles. The third-order valence-electron chi connectivity index (χ3n) is 2.94. The maximum atomic E-state index is 12.8. The van der Waals surface area contributed by atoms with Crippen LogP contribution in [-0.2, 0) is 4.74 Å². The Morgan fingerprint density at radius 2 is 2.33 bits per heavy atom. The van der Waals surface area contributed by atoms with Gasteiger partial charge in [0.25, 0.3) is 0 Å². The molecular weight excluding hydrogens is 301 g/mol. The van der Waals surface area contributed by atoms with Crippen LogP contribution >= 0.6 is 15.9 Å². The zero-order valence-electron chi connectivity index (χ0n) is 9.51. The average Bonchev–Trinajstić information content (AvgIpc) is 2.99. The van der Waals surface area contributed by atoms with Crippen LogP contribution in [0.3, 0.4) is 0 Å². The summed E-state index contributed by atoms with van der Waals surface area (Å²) in [5.41, 5.74) is 1.38. The van der Waals surface area contributed by atoms with Crippen LogP contribution in [0.25, 0.3) is 11.4 Å². The molecule has 0 aliphatic carbocycles. The van der Waals surface area contributed by atoms with Crippen LogP contribution in [0.15, 0.2) is 29.0 Å². The predicted octanol–water partition coefficient (Wildman–Crippen LogP) is 2.81. The van der Waals surface area contributed by atoms with E-state index in [0.717, 1.165) is 23.2 Å². The van der Waals surface area contributed by atoms with E-state index < -0.39 is 0 Å². The van der Waals surface area contributed by atoms with Crippen molar-refractivity contribution in [3.8, 4) is 11.4 Å². The van der Waals surface area contributed by atoms with E-state index in [1.165, 1.54) is 12.3 Å². The van der Waals surface area contributed by atoms with Gasteiger partial charge in [-0.3, -0.25) is 9.67 Å². The lowest BCUT2D eigenvalue weighted by molar-refractivity contribution is 0.184. The first-order valence-electron chi connectivity index (χ1n) is 5.68. The van der Waals surface area contributed by atoms with E-state index in [0.29, 0.717) is 12.3 Å². The number of hydrogen-bond donors (Lipinski definition) is 0. The Balaban J connectivity index is 1.94. The van der Waals surface area contributed by atoms with Gasteiger partial charge in [0, 0.05) is 12.8 Å². The second-order valence-electron chi connectivity index (χ2n) is 4.18. The monoisotopic (exact) mass is 311 g/mol. The lowest BCUT2D eigenvalue weighted by Crippen LogP contribution is -2.09. The van der Waals surface area contributed by atoms with Crippen LogP contribution in [0.5, 0.6) is 0 Å². The first-order chi connectivity index (χ1) is 8.74. The summed E-state index contributed by atoms with van der Waals surface area (Å²) >= 11 is 3.46. The van der Waals surface area contributed by atoms with Crippen molar-refractivity contribution in [1.82, 2.24) is 14.8 Å². The molecule has 1 fully saturated rings. The minimum Gasteiger partial charge on any atom is -0.379 e. The molecule has 6 heteroatoms. The van der Waals surface area contributed by atoms with E-state index in [-0.39, 0.29) is 11.9 Å². The maximum Gasteiger partial charge on any atom is 0.141 e. The predicted molar refractivity (Wildman–Crippen MR) is 67.6 cm³/mol. The molecule has 1 aliphatic rings. The minimum atomic E-state index is -0.349. The van der Waals surface area contributed by atoms with Gasteiger partial charge in [0.2, 0.25) is 0 Å². The Morgan fingerprint density at radius 1 is 1.44 bits per heavy atom. The molecule has 3 rings (SSSR count). The summed E-state index contributed by atoms with van der Waals surface area (Å²) in [5.74, 6) is -0.349. The largest absolute Gasteiger partial charge is 0.379 e. The summed E-state index contributed by atoms with van der Waals surface area (Å²) in [6, 6.07) is 3.28. The van der Waals surface area contributed by atoms with Crippen molar-refractivity contribution in [2.45, 2.75) is 12.5 Å². The van der Waals surface area contributed by atoms with Crippen LogP contribution in [0.2, 0.25) is 0 Å². The second-order valence-corrected chi connectivity index (χ2v) is 5.04. The van der Waals surface area contributed by atoms with Gasteiger partial charge in [-0.15, -0.1) is 0 Å². The quantitative estimate of drug-likeness (QED) is 0.856. The van der Waals surface area contributed by atoms with Gasteiger partial charge in [0.15, 0.2) is 0 Å². The Morgan fingerprint density at radius 3 is 3.00 bits per heavy atom. The van der Waals surface area contributed by atoms with Crippen LogP contribution < -0.4 is 0 Å². The van der Waals surface area contributed by atoms with Crippen LogP contribution in [0.1, 0.15) is 12.5 Å². The van der Waals surface area contributed by atoms with Gasteiger partial charge >= 0.3 is 0 Å². The smallest absolute Gasteiger partial charge is 0.141 e. The Labute approximate surface area is 112 Å². The summed E-state index contributed by atoms with van der Waals surface area (Å²) < 4.78 is 20.9. The van der Waals surface area contributed by atoms with Crippen molar-refractivity contribution in [3.63, 3.8) is 0 Å². The zero-order valence-corrected chi connectivity index (χ0v) is 11.1. The molecule has 2 aromatic heterocycles. The van der Waals surface area contributed by atoms with E-state index in [2.05, 4.69) is 26.0 Å². The third kappa shape index (κ3) is 2.18. The summed E-state index contributed by atoms with van der Waals surface area (Å²) in [4.78, 5) is 4.04. The number of ether oxygens (including phenoxy) is 1. The van der Waals surface area contributed by atoms with Crippen molar-refractivity contribution in [2.75, 3.05) is 13.2 Å². The van der Waals surface area contributed by atoms with Gasteiger partial charge in [-0.2, -0.15) is 5.10 Å². The lowest BCUT2D eigenvalue weighted by atomic mass is 10.3. The van der Waals surface area contributed by atoms with Crippen LogP contribution in [0, 0.1) is 5.82 Å². The molecule has 4 nitrogen and oxygen atoms in total. The summed E-state index contributed by atoms with van der Waals surface area (Å²) in [6.45, 7) is 1.46. The number of hydrogen-bond acceptors (Lipinski definition) is 3. The van der Waals surface area contributed by atoms with Crippen LogP contribution in [0.4, 0.5) is 4.39 Å². The Bertz CT molecular complexity index is 549. The topological polar surface area (TPSA) is 39.9 Å². The molecule has 0 spiro atoms. The third-order valence-corrected chi connectivity index (χ3v) is 3.52. The van der Waals surface area contributed by atoms with E-state index in [1.807, 2.05) is 10.9 Å². The number of halogens is 2. The minimum absolute atomic E-state index is 0.274. The highest BCUT2D eigenvalue weighted by Gasteiger charge is 2.20. The first kappa shape index (κ1) is 11.8. The molecule has 0 N–H and O–H groups in total. The fourth-order valence-electron chi connectivity index (χ4n) is 1.98. The van der Waals surface area contributed by atoms with Crippen molar-refractivity contribution in [2.24, 2.45) is 0 Å². The lowest BCUT2D eigenvalue weighted by Gasteiger charge is -2.06.